The summed E-state index contributed by atoms with van der Waals surface area (Å²) in [7, 11) is -3.81. The number of halogens is 1. The van der Waals surface area contributed by atoms with Gasteiger partial charge in [0.25, 0.3) is 5.91 Å². The number of hydrogen-bond donors (Lipinski definition) is 2. The fraction of sp³-hybridized carbons (Fsp3) is 0.0870. The number of benzene rings is 3. The van der Waals surface area contributed by atoms with Crippen LogP contribution >= 0.6 is 15.9 Å². The van der Waals surface area contributed by atoms with Gasteiger partial charge >= 0.3 is 5.97 Å². The largest absolute Gasteiger partial charge is 0.422 e. The Morgan fingerprint density at radius 3 is 2.52 bits per heavy atom. The number of carbonyl (C=O) groups is 2. The molecule has 0 aliphatic heterocycles. The van der Waals surface area contributed by atoms with E-state index in [9.17, 15) is 18.0 Å². The number of nitrogens with zero attached hydrogens (tertiary/aromatic N) is 1. The molecule has 0 atom stereocenters. The van der Waals surface area contributed by atoms with Crippen molar-refractivity contribution in [3.63, 3.8) is 0 Å². The van der Waals surface area contributed by atoms with Crippen LogP contribution in [0.5, 0.6) is 5.75 Å². The van der Waals surface area contributed by atoms with Gasteiger partial charge in [-0.3, -0.25) is 4.79 Å². The summed E-state index contributed by atoms with van der Waals surface area (Å²) in [6, 6.07) is 19.7. The predicted molar refractivity (Wildman–Crippen MR) is 128 cm³/mol. The van der Waals surface area contributed by atoms with Crippen molar-refractivity contribution in [1.82, 2.24) is 10.1 Å². The van der Waals surface area contributed by atoms with Gasteiger partial charge < -0.3 is 4.74 Å². The third-order valence-electron chi connectivity index (χ3n) is 4.30. The number of esters is 1. The first kappa shape index (κ1) is 24.3. The van der Waals surface area contributed by atoms with E-state index >= 15 is 0 Å². The van der Waals surface area contributed by atoms with Gasteiger partial charge in [-0.2, -0.15) is 5.10 Å². The molecule has 3 rings (SSSR count). The second-order valence-corrected chi connectivity index (χ2v) is 9.55. The second kappa shape index (κ2) is 11.0. The standard InChI is InChI=1S/C23H20BrN3O5S/c1-16-6-5-7-17(12-16)23(29)32-21-11-10-19(24)13-18(21)14-25-27-22(28)15-26-33(30,31)20-8-3-2-4-9-20/h2-14,26H,15H2,1H3,(H,27,28)/b25-14-. The molecule has 0 saturated heterocycles. The van der Waals surface area contributed by atoms with Gasteiger partial charge in [-0.25, -0.2) is 23.4 Å². The van der Waals surface area contributed by atoms with Gasteiger partial charge in [0.2, 0.25) is 10.0 Å². The van der Waals surface area contributed by atoms with Crippen LogP contribution in [0, 0.1) is 6.92 Å². The van der Waals surface area contributed by atoms with E-state index in [1.165, 1.54) is 18.3 Å². The maximum absolute atomic E-state index is 12.5. The van der Waals surface area contributed by atoms with Gasteiger partial charge in [0.1, 0.15) is 5.75 Å². The smallest absolute Gasteiger partial charge is 0.343 e. The molecule has 0 unspecified atom stereocenters. The normalized spacial score (nSPS) is 11.3. The molecule has 0 heterocycles. The maximum Gasteiger partial charge on any atom is 0.343 e. The van der Waals surface area contributed by atoms with Gasteiger partial charge in [0.05, 0.1) is 23.2 Å². The van der Waals surface area contributed by atoms with Gasteiger partial charge in [-0.15, -0.1) is 0 Å². The maximum atomic E-state index is 12.5. The third kappa shape index (κ3) is 7.07. The summed E-state index contributed by atoms with van der Waals surface area (Å²) in [6.45, 7) is 1.37. The summed E-state index contributed by atoms with van der Waals surface area (Å²) < 4.78 is 32.7. The molecular formula is C23H20BrN3O5S. The first-order valence-electron chi connectivity index (χ1n) is 9.69. The topological polar surface area (TPSA) is 114 Å². The molecule has 0 bridgehead atoms. The Morgan fingerprint density at radius 1 is 1.03 bits per heavy atom. The van der Waals surface area contributed by atoms with E-state index in [-0.39, 0.29) is 10.6 Å². The SMILES string of the molecule is Cc1cccc(C(=O)Oc2ccc(Br)cc2/C=N\NC(=O)CNS(=O)(=O)c2ccccc2)c1. The van der Waals surface area contributed by atoms with Crippen molar-refractivity contribution in [1.29, 1.82) is 0 Å². The summed E-state index contributed by atoms with van der Waals surface area (Å²) in [4.78, 5) is 24.5. The number of hydrazone groups is 1. The Hall–Kier alpha value is -3.34. The van der Waals surface area contributed by atoms with Crippen LogP contribution in [0.3, 0.4) is 0 Å². The molecule has 10 heteroatoms. The van der Waals surface area contributed by atoms with E-state index in [0.29, 0.717) is 15.6 Å². The molecule has 0 radical (unpaired) electrons. The number of amides is 1. The molecule has 0 aliphatic rings. The van der Waals surface area contributed by atoms with Crippen LogP contribution in [-0.4, -0.2) is 33.1 Å². The van der Waals surface area contributed by atoms with E-state index in [1.807, 2.05) is 13.0 Å². The minimum Gasteiger partial charge on any atom is -0.422 e. The average molecular weight is 530 g/mol. The van der Waals surface area contributed by atoms with E-state index in [1.54, 1.807) is 54.6 Å². The minimum atomic E-state index is -3.81. The number of hydrogen-bond acceptors (Lipinski definition) is 6. The summed E-state index contributed by atoms with van der Waals surface area (Å²) >= 11 is 3.34. The molecule has 3 aromatic carbocycles. The van der Waals surface area contributed by atoms with Crippen molar-refractivity contribution in [2.75, 3.05) is 6.54 Å². The zero-order chi connectivity index (χ0) is 23.8. The van der Waals surface area contributed by atoms with Gasteiger partial charge in [0, 0.05) is 10.0 Å². The lowest BCUT2D eigenvalue weighted by Gasteiger charge is -2.09. The second-order valence-electron chi connectivity index (χ2n) is 6.87. The van der Waals surface area contributed by atoms with E-state index in [4.69, 9.17) is 4.74 Å². The zero-order valence-electron chi connectivity index (χ0n) is 17.5. The van der Waals surface area contributed by atoms with E-state index < -0.39 is 28.4 Å². The molecule has 0 saturated carbocycles. The fourth-order valence-electron chi connectivity index (χ4n) is 2.70. The van der Waals surface area contributed by atoms with Crippen LogP contribution in [0.1, 0.15) is 21.5 Å². The first-order chi connectivity index (χ1) is 15.7. The average Bonchev–Trinajstić information content (AvgIpc) is 2.80. The fourth-order valence-corrected chi connectivity index (χ4v) is 4.08. The van der Waals surface area contributed by atoms with Crippen LogP contribution in [0.15, 0.2) is 87.3 Å². The highest BCUT2D eigenvalue weighted by Gasteiger charge is 2.15. The Kier molecular flexibility index (Phi) is 8.10. The summed E-state index contributed by atoms with van der Waals surface area (Å²) in [5, 5.41) is 3.84. The number of ether oxygens (including phenoxy) is 1. The lowest BCUT2D eigenvalue weighted by atomic mass is 10.1. The Bertz CT molecular complexity index is 1290. The molecule has 0 fully saturated rings. The van der Waals surface area contributed by atoms with Gasteiger partial charge in [-0.1, -0.05) is 51.8 Å². The Labute approximate surface area is 199 Å². The molecule has 0 aliphatic carbocycles. The highest BCUT2D eigenvalue weighted by atomic mass is 79.9. The van der Waals surface area contributed by atoms with Gasteiger partial charge in [0.15, 0.2) is 0 Å². The van der Waals surface area contributed by atoms with Crippen molar-refractivity contribution in [2.45, 2.75) is 11.8 Å². The number of aryl methyl sites for hydroxylation is 1. The Balaban J connectivity index is 1.63. The molecule has 33 heavy (non-hydrogen) atoms. The molecule has 170 valence electrons. The molecular weight excluding hydrogens is 510 g/mol. The quantitative estimate of drug-likeness (QED) is 0.201. The number of rotatable bonds is 8. The lowest BCUT2D eigenvalue weighted by Crippen LogP contribution is -2.34. The van der Waals surface area contributed by atoms with E-state index in [0.717, 1.165) is 5.56 Å². The minimum absolute atomic E-state index is 0.0514. The monoisotopic (exact) mass is 529 g/mol. The van der Waals surface area contributed by atoms with Crippen molar-refractivity contribution >= 4 is 44.0 Å². The van der Waals surface area contributed by atoms with E-state index in [2.05, 4.69) is 31.2 Å². The number of nitrogens with one attached hydrogen (secondary N) is 2. The zero-order valence-corrected chi connectivity index (χ0v) is 19.9. The van der Waals surface area contributed by atoms with Crippen molar-refractivity contribution in [3.05, 3.63) is 94.0 Å². The molecule has 0 aromatic heterocycles. The summed E-state index contributed by atoms with van der Waals surface area (Å²) in [6.07, 6.45) is 1.30. The predicted octanol–water partition coefficient (Wildman–Crippen LogP) is 3.41. The van der Waals surface area contributed by atoms with Crippen molar-refractivity contribution in [3.8, 4) is 5.75 Å². The van der Waals surface area contributed by atoms with Gasteiger partial charge in [-0.05, 0) is 49.4 Å². The van der Waals surface area contributed by atoms with Crippen LogP contribution in [-0.2, 0) is 14.8 Å². The lowest BCUT2D eigenvalue weighted by molar-refractivity contribution is -0.119. The third-order valence-corrected chi connectivity index (χ3v) is 6.21. The molecule has 2 N–H and O–H groups in total. The molecule has 1 amide bonds. The van der Waals surface area contributed by atoms with Crippen molar-refractivity contribution in [2.24, 2.45) is 5.10 Å². The Morgan fingerprint density at radius 2 is 1.79 bits per heavy atom. The summed E-state index contributed by atoms with van der Waals surface area (Å²) in [5.41, 5.74) is 3.99. The number of sulfonamides is 1. The molecule has 3 aromatic rings. The molecule has 0 spiro atoms. The highest BCUT2D eigenvalue weighted by molar-refractivity contribution is 9.10. The van der Waals surface area contributed by atoms with Crippen LogP contribution < -0.4 is 14.9 Å². The van der Waals surface area contributed by atoms with Crippen molar-refractivity contribution < 1.29 is 22.7 Å². The van der Waals surface area contributed by atoms with Crippen LogP contribution in [0.25, 0.3) is 0 Å². The summed E-state index contributed by atoms with van der Waals surface area (Å²) in [5.74, 6) is -0.957. The van der Waals surface area contributed by atoms with Crippen LogP contribution in [0.2, 0.25) is 0 Å². The number of carbonyl (C=O) groups excluding carboxylic acids is 2. The molecule has 8 nitrogen and oxygen atoms in total. The van der Waals surface area contributed by atoms with Crippen LogP contribution in [0.4, 0.5) is 0 Å². The highest BCUT2D eigenvalue weighted by Crippen LogP contribution is 2.23. The first-order valence-corrected chi connectivity index (χ1v) is 12.0.